The minimum atomic E-state index is -5.89. The minimum absolute atomic E-state index is 0.118. The highest BCUT2D eigenvalue weighted by atomic mass is 32.2. The Bertz CT molecular complexity index is 1880. The molecule has 0 spiro atoms. The van der Waals surface area contributed by atoms with E-state index >= 15 is 0 Å². The zero-order valence-electron chi connectivity index (χ0n) is 27.6. The van der Waals surface area contributed by atoms with Crippen molar-refractivity contribution in [2.45, 2.75) is 63.7 Å². The molecule has 3 aromatic carbocycles. The maximum Gasteiger partial charge on any atom is 0.534 e. The predicted molar refractivity (Wildman–Crippen MR) is 186 cm³/mol. The molecule has 1 aromatic heterocycles. The fourth-order valence-electron chi connectivity index (χ4n) is 5.21. The molecular weight excluding hydrogens is 680 g/mol. The number of thiophene rings is 1. The number of rotatable bonds is 11. The summed E-state index contributed by atoms with van der Waals surface area (Å²) in [5, 5.41) is 0.327. The van der Waals surface area contributed by atoms with Crippen molar-refractivity contribution < 1.29 is 39.7 Å². The Labute approximate surface area is 284 Å². The molecule has 0 bridgehead atoms. The summed E-state index contributed by atoms with van der Waals surface area (Å²) < 4.78 is 80.2. The van der Waals surface area contributed by atoms with Gasteiger partial charge in [0.25, 0.3) is 8.32 Å². The van der Waals surface area contributed by atoms with Gasteiger partial charge < -0.3 is 13.3 Å². The Balaban J connectivity index is 1.53. The standard InChI is InChI=1S/C35H40F3NO6S2Si/c1-34(2,3)48(4,5)45-29-12-8-7-11-27(29)33-31(28-18-17-26(23-30(28)46-33)44-47(41,42)35(36,37)38)32(40)24-13-15-25(16-14-24)43-22-21-39-19-9-6-10-20-39/h7-8,11-18,23H,6,9-10,19-22H2,1-5H3. The second kappa shape index (κ2) is 13.8. The lowest BCUT2D eigenvalue weighted by molar-refractivity contribution is -0.0500. The Morgan fingerprint density at radius 1 is 0.917 bits per heavy atom. The van der Waals surface area contributed by atoms with Gasteiger partial charge in [-0.15, -0.1) is 11.3 Å². The van der Waals surface area contributed by atoms with Crippen molar-refractivity contribution in [3.63, 3.8) is 0 Å². The topological polar surface area (TPSA) is 82.1 Å². The van der Waals surface area contributed by atoms with E-state index in [1.165, 1.54) is 31.4 Å². The molecule has 1 aliphatic rings. The first kappa shape index (κ1) is 35.9. The van der Waals surface area contributed by atoms with Gasteiger partial charge in [-0.05, 0) is 98.7 Å². The molecule has 4 aromatic rings. The number of carbonyl (C=O) groups is 1. The molecule has 5 rings (SSSR count). The zero-order chi connectivity index (χ0) is 34.9. The number of fused-ring (bicyclic) bond motifs is 1. The van der Waals surface area contributed by atoms with E-state index in [9.17, 15) is 26.4 Å². The summed E-state index contributed by atoms with van der Waals surface area (Å²) in [5.41, 5.74) is -4.23. The monoisotopic (exact) mass is 719 g/mol. The van der Waals surface area contributed by atoms with Gasteiger partial charge in [0.2, 0.25) is 0 Å². The molecule has 48 heavy (non-hydrogen) atoms. The number of nitrogens with zero attached hydrogens (tertiary/aromatic N) is 1. The average Bonchev–Trinajstić information content (AvgIpc) is 3.39. The summed E-state index contributed by atoms with van der Waals surface area (Å²) >= 11 is 1.15. The van der Waals surface area contributed by atoms with Gasteiger partial charge in [0.05, 0.1) is 4.88 Å². The zero-order valence-corrected chi connectivity index (χ0v) is 30.3. The van der Waals surface area contributed by atoms with E-state index < -0.39 is 29.7 Å². The molecule has 1 aliphatic heterocycles. The Morgan fingerprint density at radius 2 is 1.56 bits per heavy atom. The Hall–Kier alpha value is -3.39. The Morgan fingerprint density at radius 3 is 2.21 bits per heavy atom. The molecule has 7 nitrogen and oxygen atoms in total. The van der Waals surface area contributed by atoms with Crippen LogP contribution < -0.4 is 13.3 Å². The van der Waals surface area contributed by atoms with E-state index in [-0.39, 0.29) is 10.8 Å². The molecule has 0 amide bonds. The van der Waals surface area contributed by atoms with Crippen molar-refractivity contribution in [2.75, 3.05) is 26.2 Å². The first-order chi connectivity index (χ1) is 22.5. The quantitative estimate of drug-likeness (QED) is 0.0662. The van der Waals surface area contributed by atoms with E-state index in [1.807, 2.05) is 24.3 Å². The van der Waals surface area contributed by atoms with Crippen LogP contribution in [0.5, 0.6) is 17.2 Å². The highest BCUT2D eigenvalue weighted by molar-refractivity contribution is 7.88. The lowest BCUT2D eigenvalue weighted by Crippen LogP contribution is -2.44. The number of ether oxygens (including phenoxy) is 1. The predicted octanol–water partition coefficient (Wildman–Crippen LogP) is 9.28. The van der Waals surface area contributed by atoms with Gasteiger partial charge in [-0.25, -0.2) is 0 Å². The second-order valence-electron chi connectivity index (χ2n) is 13.4. The summed E-state index contributed by atoms with van der Waals surface area (Å²) in [6.07, 6.45) is 3.66. The lowest BCUT2D eigenvalue weighted by atomic mass is 9.97. The van der Waals surface area contributed by atoms with Crippen molar-refractivity contribution in [3.8, 4) is 27.7 Å². The maximum absolute atomic E-state index is 14.3. The van der Waals surface area contributed by atoms with Crippen molar-refractivity contribution >= 4 is 45.6 Å². The van der Waals surface area contributed by atoms with Crippen LogP contribution in [-0.4, -0.2) is 59.2 Å². The number of benzene rings is 3. The number of para-hydroxylation sites is 1. The van der Waals surface area contributed by atoms with Crippen LogP contribution in [0.3, 0.4) is 0 Å². The molecule has 1 saturated heterocycles. The molecule has 0 unspecified atom stereocenters. The van der Waals surface area contributed by atoms with Gasteiger partial charge in [0.1, 0.15) is 23.9 Å². The van der Waals surface area contributed by atoms with Crippen LogP contribution in [0.25, 0.3) is 20.5 Å². The fourth-order valence-corrected chi connectivity index (χ4v) is 7.96. The largest absolute Gasteiger partial charge is 0.543 e. The van der Waals surface area contributed by atoms with Gasteiger partial charge in [-0.2, -0.15) is 21.6 Å². The first-order valence-corrected chi connectivity index (χ1v) is 21.0. The van der Waals surface area contributed by atoms with E-state index in [1.54, 1.807) is 24.3 Å². The van der Waals surface area contributed by atoms with E-state index in [0.717, 1.165) is 37.0 Å². The number of hydrogen-bond acceptors (Lipinski definition) is 8. The van der Waals surface area contributed by atoms with Crippen LogP contribution in [0.15, 0.2) is 66.7 Å². The molecule has 0 saturated carbocycles. The molecule has 2 heterocycles. The first-order valence-electron chi connectivity index (χ1n) is 15.8. The molecule has 0 N–H and O–H groups in total. The van der Waals surface area contributed by atoms with Crippen molar-refractivity contribution in [3.05, 3.63) is 77.9 Å². The number of halogens is 3. The summed E-state index contributed by atoms with van der Waals surface area (Å²) in [6.45, 7) is 14.1. The molecule has 0 aliphatic carbocycles. The molecule has 258 valence electrons. The molecular formula is C35H40F3NO6S2Si. The van der Waals surface area contributed by atoms with Crippen LogP contribution in [0.4, 0.5) is 13.2 Å². The van der Waals surface area contributed by atoms with Gasteiger partial charge in [-0.3, -0.25) is 9.69 Å². The maximum atomic E-state index is 14.3. The second-order valence-corrected chi connectivity index (χ2v) is 20.7. The molecule has 1 fully saturated rings. The molecule has 13 heteroatoms. The third-order valence-corrected chi connectivity index (χ3v) is 15.4. The van der Waals surface area contributed by atoms with Crippen LogP contribution in [0.1, 0.15) is 56.0 Å². The van der Waals surface area contributed by atoms with Gasteiger partial charge in [0.15, 0.2) is 5.78 Å². The lowest BCUT2D eigenvalue weighted by Gasteiger charge is -2.37. The van der Waals surface area contributed by atoms with Crippen LogP contribution in [0.2, 0.25) is 18.1 Å². The van der Waals surface area contributed by atoms with E-state index in [4.69, 9.17) is 9.16 Å². The Kier molecular flexibility index (Phi) is 10.4. The number of alkyl halides is 3. The summed E-state index contributed by atoms with van der Waals surface area (Å²) in [4.78, 5) is 17.2. The SMILES string of the molecule is CC(C)(C)[Si](C)(C)Oc1ccccc1-c1sc2cc(OS(=O)(=O)C(F)(F)F)ccc2c1C(=O)c1ccc(OCCN2CCCCC2)cc1. The number of hydrogen-bond donors (Lipinski definition) is 0. The van der Waals surface area contributed by atoms with Crippen molar-refractivity contribution in [1.82, 2.24) is 4.90 Å². The van der Waals surface area contributed by atoms with E-state index in [0.29, 0.717) is 49.8 Å². The number of piperidine rings is 1. The highest BCUT2D eigenvalue weighted by Gasteiger charge is 2.48. The number of ketones is 1. The van der Waals surface area contributed by atoms with Crippen LogP contribution >= 0.6 is 11.3 Å². The number of carbonyl (C=O) groups excluding carboxylic acids is 1. The summed E-state index contributed by atoms with van der Waals surface area (Å²) in [7, 11) is -8.22. The molecule has 0 atom stereocenters. The fraction of sp³-hybridized carbons (Fsp3) is 0.400. The van der Waals surface area contributed by atoms with Gasteiger partial charge >= 0.3 is 15.6 Å². The third kappa shape index (κ3) is 7.90. The smallest absolute Gasteiger partial charge is 0.534 e. The third-order valence-electron chi connectivity index (χ3n) is 8.92. The summed E-state index contributed by atoms with van der Waals surface area (Å²) in [6, 6.07) is 18.0. The minimum Gasteiger partial charge on any atom is -0.543 e. The highest BCUT2D eigenvalue weighted by Crippen LogP contribution is 2.46. The van der Waals surface area contributed by atoms with Crippen molar-refractivity contribution in [1.29, 1.82) is 0 Å². The van der Waals surface area contributed by atoms with E-state index in [2.05, 4.69) is 42.9 Å². The van der Waals surface area contributed by atoms with Gasteiger partial charge in [0, 0.05) is 33.3 Å². The van der Waals surface area contributed by atoms with Crippen LogP contribution in [0, 0.1) is 0 Å². The summed E-state index contributed by atoms with van der Waals surface area (Å²) in [5.74, 6) is 0.399. The normalized spacial score (nSPS) is 15.0. The average molecular weight is 720 g/mol. The van der Waals surface area contributed by atoms with Crippen LogP contribution in [-0.2, 0) is 10.1 Å². The van der Waals surface area contributed by atoms with Gasteiger partial charge in [-0.1, -0.05) is 39.3 Å². The molecule has 0 radical (unpaired) electrons. The number of likely N-dealkylation sites (tertiary alicyclic amines) is 1. The van der Waals surface area contributed by atoms with Crippen molar-refractivity contribution in [2.24, 2.45) is 0 Å².